The minimum absolute atomic E-state index is 0. The van der Waals surface area contributed by atoms with E-state index in [1.807, 2.05) is 24.3 Å². The van der Waals surface area contributed by atoms with Gasteiger partial charge >= 0.3 is 11.9 Å². The zero-order valence-corrected chi connectivity index (χ0v) is 12.7. The first-order valence-electron chi connectivity index (χ1n) is 6.30. The largest absolute Gasteiger partial charge is 0.478 e. The number of carbonyl (C=O) groups is 2. The number of carboxylic acid groups (broad SMARTS) is 1. The van der Waals surface area contributed by atoms with Crippen LogP contribution < -0.4 is 0 Å². The van der Waals surface area contributed by atoms with Gasteiger partial charge in [0.2, 0.25) is 0 Å². The number of benzene rings is 2. The third kappa shape index (κ3) is 4.46. The van der Waals surface area contributed by atoms with Gasteiger partial charge in [0, 0.05) is 0 Å². The first-order valence-corrected chi connectivity index (χ1v) is 6.30. The lowest BCUT2D eigenvalue weighted by Crippen LogP contribution is -2.00. The Bertz CT molecular complexity index is 673. The number of rotatable bonds is 4. The van der Waals surface area contributed by atoms with E-state index in [1.54, 1.807) is 36.4 Å². The summed E-state index contributed by atoms with van der Waals surface area (Å²) in [6.07, 6.45) is 3.76. The number of hydrogen-bond acceptors (Lipinski definition) is 3. The maximum Gasteiger partial charge on any atom is 0.337 e. The highest BCUT2D eigenvalue weighted by atomic mass is 35.5. The molecule has 0 aliphatic heterocycles. The molecule has 114 valence electrons. The molecular formula is C17H15ClO4. The van der Waals surface area contributed by atoms with Gasteiger partial charge in [0.25, 0.3) is 0 Å². The molecule has 0 fully saturated rings. The summed E-state index contributed by atoms with van der Waals surface area (Å²) in [4.78, 5) is 22.1. The lowest BCUT2D eigenvalue weighted by Gasteiger charge is -2.00. The molecule has 5 heteroatoms. The van der Waals surface area contributed by atoms with Crippen molar-refractivity contribution < 1.29 is 19.4 Å². The van der Waals surface area contributed by atoms with E-state index in [-0.39, 0.29) is 23.9 Å². The summed E-state index contributed by atoms with van der Waals surface area (Å²) >= 11 is 0. The highest BCUT2D eigenvalue weighted by Gasteiger charge is 2.03. The van der Waals surface area contributed by atoms with Gasteiger partial charge in [-0.1, -0.05) is 36.4 Å². The molecule has 2 rings (SSSR count). The topological polar surface area (TPSA) is 63.6 Å². The molecule has 2 aromatic rings. The van der Waals surface area contributed by atoms with Crippen LogP contribution in [0.2, 0.25) is 0 Å². The van der Waals surface area contributed by atoms with Gasteiger partial charge in [-0.3, -0.25) is 0 Å². The average Bonchev–Trinajstić information content (AvgIpc) is 2.53. The summed E-state index contributed by atoms with van der Waals surface area (Å²) in [5, 5.41) is 8.82. The van der Waals surface area contributed by atoms with Crippen molar-refractivity contribution >= 4 is 36.5 Å². The third-order valence-electron chi connectivity index (χ3n) is 2.96. The molecule has 0 heterocycles. The minimum Gasteiger partial charge on any atom is -0.478 e. The highest BCUT2D eigenvalue weighted by Crippen LogP contribution is 2.11. The van der Waals surface area contributed by atoms with Crippen LogP contribution in [0, 0.1) is 0 Å². The summed E-state index contributed by atoms with van der Waals surface area (Å²) in [5.41, 5.74) is 2.59. The van der Waals surface area contributed by atoms with Gasteiger partial charge in [-0.25, -0.2) is 9.59 Å². The van der Waals surface area contributed by atoms with Crippen molar-refractivity contribution in [1.82, 2.24) is 0 Å². The Morgan fingerprint density at radius 1 is 0.864 bits per heavy atom. The Labute approximate surface area is 134 Å². The lowest BCUT2D eigenvalue weighted by atomic mass is 10.1. The predicted molar refractivity (Wildman–Crippen MR) is 87.4 cm³/mol. The Morgan fingerprint density at radius 2 is 1.27 bits per heavy atom. The van der Waals surface area contributed by atoms with E-state index in [9.17, 15) is 9.59 Å². The Morgan fingerprint density at radius 3 is 1.64 bits per heavy atom. The number of aromatic carboxylic acids is 1. The fourth-order valence-corrected chi connectivity index (χ4v) is 1.78. The second-order valence-corrected chi connectivity index (χ2v) is 4.37. The van der Waals surface area contributed by atoms with Crippen molar-refractivity contribution in [3.63, 3.8) is 0 Å². The normalized spacial score (nSPS) is 10.0. The number of carbonyl (C=O) groups excluding carboxylic acids is 1. The number of methoxy groups -OCH3 is 1. The molecule has 4 nitrogen and oxygen atoms in total. The van der Waals surface area contributed by atoms with Crippen molar-refractivity contribution in [3.8, 4) is 0 Å². The summed E-state index contributed by atoms with van der Waals surface area (Å²) in [6.45, 7) is 0. The molecule has 0 radical (unpaired) electrons. The van der Waals surface area contributed by atoms with Crippen molar-refractivity contribution in [3.05, 3.63) is 70.8 Å². The van der Waals surface area contributed by atoms with Crippen LogP contribution in [0.5, 0.6) is 0 Å². The average molecular weight is 319 g/mol. The summed E-state index contributed by atoms with van der Waals surface area (Å²) in [5.74, 6) is -1.31. The monoisotopic (exact) mass is 318 g/mol. The van der Waals surface area contributed by atoms with Crippen molar-refractivity contribution in [2.75, 3.05) is 7.11 Å². The van der Waals surface area contributed by atoms with Gasteiger partial charge in [0.05, 0.1) is 18.2 Å². The molecule has 0 aliphatic carbocycles. The predicted octanol–water partition coefficient (Wildman–Crippen LogP) is 3.76. The van der Waals surface area contributed by atoms with Gasteiger partial charge in [-0.15, -0.1) is 12.4 Å². The molecule has 0 amide bonds. The molecule has 2 aromatic carbocycles. The molecule has 0 unspecified atom stereocenters. The van der Waals surface area contributed by atoms with Crippen LogP contribution in [0.25, 0.3) is 12.2 Å². The van der Waals surface area contributed by atoms with Crippen molar-refractivity contribution in [2.45, 2.75) is 0 Å². The Kier molecular flexibility index (Phi) is 6.35. The van der Waals surface area contributed by atoms with E-state index in [0.717, 1.165) is 11.1 Å². The van der Waals surface area contributed by atoms with Crippen molar-refractivity contribution in [1.29, 1.82) is 0 Å². The molecule has 0 spiro atoms. The van der Waals surface area contributed by atoms with Gasteiger partial charge < -0.3 is 9.84 Å². The zero-order valence-electron chi connectivity index (χ0n) is 11.9. The quantitative estimate of drug-likeness (QED) is 0.688. The van der Waals surface area contributed by atoms with Gasteiger partial charge in [-0.2, -0.15) is 0 Å². The maximum atomic E-state index is 11.3. The van der Waals surface area contributed by atoms with Crippen LogP contribution >= 0.6 is 12.4 Å². The molecule has 0 bridgehead atoms. The van der Waals surface area contributed by atoms with Gasteiger partial charge in [0.1, 0.15) is 0 Å². The molecule has 0 saturated carbocycles. The van der Waals surface area contributed by atoms with E-state index < -0.39 is 5.97 Å². The molecular weight excluding hydrogens is 304 g/mol. The Hall–Kier alpha value is -2.59. The van der Waals surface area contributed by atoms with Crippen LogP contribution in [-0.2, 0) is 4.74 Å². The smallest absolute Gasteiger partial charge is 0.337 e. The van der Waals surface area contributed by atoms with Crippen LogP contribution in [0.3, 0.4) is 0 Å². The highest BCUT2D eigenvalue weighted by molar-refractivity contribution is 5.90. The number of hydrogen-bond donors (Lipinski definition) is 1. The second kappa shape index (κ2) is 8.00. The summed E-state index contributed by atoms with van der Waals surface area (Å²) < 4.78 is 4.63. The maximum absolute atomic E-state index is 11.3. The van der Waals surface area contributed by atoms with E-state index in [2.05, 4.69) is 4.74 Å². The zero-order chi connectivity index (χ0) is 15.2. The van der Waals surface area contributed by atoms with Crippen LogP contribution in [0.4, 0.5) is 0 Å². The SMILES string of the molecule is COC(=O)c1ccc(C=Cc2ccc(C(=O)O)cc2)cc1.Cl. The molecule has 1 N–H and O–H groups in total. The third-order valence-corrected chi connectivity index (χ3v) is 2.96. The number of ether oxygens (including phenoxy) is 1. The van der Waals surface area contributed by atoms with Crippen LogP contribution in [-0.4, -0.2) is 24.2 Å². The molecule has 0 aliphatic rings. The fraction of sp³-hybridized carbons (Fsp3) is 0.0588. The number of carboxylic acids is 1. The standard InChI is InChI=1S/C17H14O4.ClH/c1-21-17(20)15-10-6-13(7-11-15)3-2-12-4-8-14(9-5-12)16(18)19;/h2-11H,1H3,(H,18,19);1H. The number of esters is 1. The lowest BCUT2D eigenvalue weighted by molar-refractivity contribution is 0.0600. The first-order chi connectivity index (χ1) is 10.1. The first kappa shape index (κ1) is 17.5. The van der Waals surface area contributed by atoms with Crippen molar-refractivity contribution in [2.24, 2.45) is 0 Å². The number of halogens is 1. The van der Waals surface area contributed by atoms with Crippen LogP contribution in [0.1, 0.15) is 31.8 Å². The van der Waals surface area contributed by atoms with E-state index in [0.29, 0.717) is 5.56 Å². The van der Waals surface area contributed by atoms with Crippen LogP contribution in [0.15, 0.2) is 48.5 Å². The molecule has 0 atom stereocenters. The minimum atomic E-state index is -0.941. The van der Waals surface area contributed by atoms with Gasteiger partial charge in [0.15, 0.2) is 0 Å². The summed E-state index contributed by atoms with van der Waals surface area (Å²) in [7, 11) is 1.34. The van der Waals surface area contributed by atoms with Gasteiger partial charge in [-0.05, 0) is 35.4 Å². The molecule has 0 aromatic heterocycles. The van der Waals surface area contributed by atoms with E-state index in [4.69, 9.17) is 5.11 Å². The summed E-state index contributed by atoms with van der Waals surface area (Å²) in [6, 6.07) is 13.6. The molecule has 22 heavy (non-hydrogen) atoms. The van der Waals surface area contributed by atoms with E-state index >= 15 is 0 Å². The molecule has 0 saturated heterocycles. The Balaban J connectivity index is 0.00000242. The second-order valence-electron chi connectivity index (χ2n) is 4.37. The fourth-order valence-electron chi connectivity index (χ4n) is 1.78. The van der Waals surface area contributed by atoms with E-state index in [1.165, 1.54) is 7.11 Å².